The van der Waals surface area contributed by atoms with E-state index in [4.69, 9.17) is 4.74 Å². The number of likely N-dealkylation sites (tertiary alicyclic amines) is 1. The number of hydrogen-bond donors (Lipinski definition) is 2. The van der Waals surface area contributed by atoms with Gasteiger partial charge >= 0.3 is 6.09 Å². The molecule has 1 heterocycles. The van der Waals surface area contributed by atoms with Crippen LogP contribution in [0.15, 0.2) is 17.1 Å². The monoisotopic (exact) mass is 502 g/mol. The zero-order valence-corrected chi connectivity index (χ0v) is 20.1. The number of nitrogens with one attached hydrogen (secondary N) is 2. The SMILES string of the molecule is CCOC(=O)N1CCC(NC(=NC)NCCc2c(C)cc(C)cc2C)CC1.I. The Kier molecular flexibility index (Phi) is 10.6. The second-order valence-electron chi connectivity index (χ2n) is 7.23. The Balaban J connectivity index is 0.00000392. The van der Waals surface area contributed by atoms with Crippen molar-refractivity contribution in [2.75, 3.05) is 33.3 Å². The van der Waals surface area contributed by atoms with Gasteiger partial charge in [0.25, 0.3) is 0 Å². The van der Waals surface area contributed by atoms with E-state index in [0.717, 1.165) is 44.9 Å². The van der Waals surface area contributed by atoms with Crippen LogP contribution in [0, 0.1) is 20.8 Å². The van der Waals surface area contributed by atoms with Gasteiger partial charge < -0.3 is 20.3 Å². The molecule has 28 heavy (non-hydrogen) atoms. The van der Waals surface area contributed by atoms with Crippen molar-refractivity contribution in [3.63, 3.8) is 0 Å². The average Bonchev–Trinajstić information content (AvgIpc) is 2.63. The van der Waals surface area contributed by atoms with Gasteiger partial charge in [-0.2, -0.15) is 0 Å². The fraction of sp³-hybridized carbons (Fsp3) is 0.619. The van der Waals surface area contributed by atoms with Crippen LogP contribution in [-0.2, 0) is 11.2 Å². The molecule has 1 aromatic carbocycles. The fourth-order valence-corrected chi connectivity index (χ4v) is 3.72. The molecule has 0 radical (unpaired) electrons. The molecule has 1 amide bonds. The first-order valence-electron chi connectivity index (χ1n) is 9.90. The van der Waals surface area contributed by atoms with Crippen molar-refractivity contribution in [1.29, 1.82) is 0 Å². The van der Waals surface area contributed by atoms with Gasteiger partial charge in [-0.3, -0.25) is 4.99 Å². The topological polar surface area (TPSA) is 66.0 Å². The van der Waals surface area contributed by atoms with Crippen molar-refractivity contribution < 1.29 is 9.53 Å². The molecule has 1 aliphatic heterocycles. The molecule has 2 N–H and O–H groups in total. The summed E-state index contributed by atoms with van der Waals surface area (Å²) in [5, 5.41) is 6.90. The first-order valence-corrected chi connectivity index (χ1v) is 9.90. The Bertz CT molecular complexity index is 647. The van der Waals surface area contributed by atoms with Crippen molar-refractivity contribution in [2.45, 2.75) is 53.0 Å². The Labute approximate surface area is 186 Å². The van der Waals surface area contributed by atoms with Gasteiger partial charge in [-0.05, 0) is 63.6 Å². The van der Waals surface area contributed by atoms with E-state index in [-0.39, 0.29) is 30.1 Å². The molecule has 2 rings (SSSR count). The summed E-state index contributed by atoms with van der Waals surface area (Å²) in [7, 11) is 1.80. The minimum atomic E-state index is -0.206. The molecule has 7 heteroatoms. The molecule has 0 spiro atoms. The van der Waals surface area contributed by atoms with E-state index in [9.17, 15) is 4.79 Å². The Hall–Kier alpha value is -1.51. The van der Waals surface area contributed by atoms with E-state index in [1.807, 2.05) is 6.92 Å². The molecule has 1 aromatic rings. The van der Waals surface area contributed by atoms with Crippen molar-refractivity contribution >= 4 is 36.0 Å². The van der Waals surface area contributed by atoms with Gasteiger partial charge in [0.1, 0.15) is 0 Å². The highest BCUT2D eigenvalue weighted by atomic mass is 127. The average molecular weight is 502 g/mol. The van der Waals surface area contributed by atoms with Gasteiger partial charge in [0, 0.05) is 32.7 Å². The number of hydrogen-bond acceptors (Lipinski definition) is 3. The zero-order valence-electron chi connectivity index (χ0n) is 17.8. The third-order valence-electron chi connectivity index (χ3n) is 5.09. The van der Waals surface area contributed by atoms with E-state index < -0.39 is 0 Å². The summed E-state index contributed by atoms with van der Waals surface area (Å²) in [6.07, 6.45) is 2.56. The van der Waals surface area contributed by atoms with Crippen LogP contribution in [0.3, 0.4) is 0 Å². The van der Waals surface area contributed by atoms with Crippen LogP contribution in [0.1, 0.15) is 42.0 Å². The normalized spacial score (nSPS) is 15.0. The molecule has 0 aliphatic carbocycles. The van der Waals surface area contributed by atoms with Gasteiger partial charge in [0.2, 0.25) is 0 Å². The van der Waals surface area contributed by atoms with E-state index in [1.165, 1.54) is 22.3 Å². The van der Waals surface area contributed by atoms with Crippen LogP contribution in [0.4, 0.5) is 4.79 Å². The number of aliphatic imine (C=N–C) groups is 1. The highest BCUT2D eigenvalue weighted by Gasteiger charge is 2.24. The van der Waals surface area contributed by atoms with E-state index in [0.29, 0.717) is 12.6 Å². The lowest BCUT2D eigenvalue weighted by molar-refractivity contribution is 0.0963. The molecular formula is C21H35IN4O2. The van der Waals surface area contributed by atoms with E-state index >= 15 is 0 Å². The quantitative estimate of drug-likeness (QED) is 0.367. The lowest BCUT2D eigenvalue weighted by Crippen LogP contribution is -2.50. The van der Waals surface area contributed by atoms with Gasteiger partial charge in [-0.15, -0.1) is 24.0 Å². The fourth-order valence-electron chi connectivity index (χ4n) is 3.72. The Morgan fingerprint density at radius 3 is 2.36 bits per heavy atom. The molecule has 0 bridgehead atoms. The third-order valence-corrected chi connectivity index (χ3v) is 5.09. The molecule has 0 atom stereocenters. The summed E-state index contributed by atoms with van der Waals surface area (Å²) in [6.45, 7) is 11.0. The summed E-state index contributed by atoms with van der Waals surface area (Å²) >= 11 is 0. The molecule has 0 aromatic heterocycles. The Morgan fingerprint density at radius 2 is 1.82 bits per heavy atom. The van der Waals surface area contributed by atoms with Crippen LogP contribution < -0.4 is 10.6 Å². The standard InChI is InChI=1S/C21H34N4O2.HI/c1-6-27-21(26)25-11-8-18(9-12-25)24-20(22-5)23-10-7-19-16(3)13-15(2)14-17(19)4;/h13-14,18H,6-12H2,1-5H3,(H2,22,23,24);1H. The summed E-state index contributed by atoms with van der Waals surface area (Å²) in [5.74, 6) is 0.826. The number of rotatable bonds is 5. The van der Waals surface area contributed by atoms with Crippen LogP contribution >= 0.6 is 24.0 Å². The van der Waals surface area contributed by atoms with Crippen molar-refractivity contribution in [3.05, 3.63) is 34.4 Å². The molecule has 1 aliphatic rings. The predicted molar refractivity (Wildman–Crippen MR) is 126 cm³/mol. The Morgan fingerprint density at radius 1 is 1.21 bits per heavy atom. The lowest BCUT2D eigenvalue weighted by atomic mass is 9.97. The number of carbonyl (C=O) groups is 1. The van der Waals surface area contributed by atoms with Crippen molar-refractivity contribution in [2.24, 2.45) is 4.99 Å². The number of guanidine groups is 1. The van der Waals surface area contributed by atoms with Gasteiger partial charge in [0.05, 0.1) is 6.61 Å². The summed E-state index contributed by atoms with van der Waals surface area (Å²) < 4.78 is 5.07. The molecule has 6 nitrogen and oxygen atoms in total. The minimum Gasteiger partial charge on any atom is -0.450 e. The number of benzene rings is 1. The largest absolute Gasteiger partial charge is 0.450 e. The maximum Gasteiger partial charge on any atom is 0.409 e. The number of aryl methyl sites for hydroxylation is 3. The molecule has 0 saturated carbocycles. The van der Waals surface area contributed by atoms with Crippen LogP contribution in [-0.4, -0.2) is 56.3 Å². The smallest absolute Gasteiger partial charge is 0.409 e. The van der Waals surface area contributed by atoms with Crippen molar-refractivity contribution in [1.82, 2.24) is 15.5 Å². The molecule has 1 saturated heterocycles. The van der Waals surface area contributed by atoms with Crippen LogP contribution in [0.5, 0.6) is 0 Å². The molecular weight excluding hydrogens is 467 g/mol. The van der Waals surface area contributed by atoms with E-state index in [1.54, 1.807) is 11.9 Å². The second kappa shape index (κ2) is 12.1. The summed E-state index contributed by atoms with van der Waals surface area (Å²) in [6, 6.07) is 4.81. The summed E-state index contributed by atoms with van der Waals surface area (Å²) in [5.41, 5.74) is 5.42. The molecule has 1 fully saturated rings. The number of nitrogens with zero attached hydrogens (tertiary/aromatic N) is 2. The highest BCUT2D eigenvalue weighted by Crippen LogP contribution is 2.16. The number of halogens is 1. The molecule has 0 unspecified atom stereocenters. The highest BCUT2D eigenvalue weighted by molar-refractivity contribution is 14.0. The maximum absolute atomic E-state index is 11.8. The number of amides is 1. The number of carbonyl (C=O) groups excluding carboxylic acids is 1. The van der Waals surface area contributed by atoms with Crippen LogP contribution in [0.2, 0.25) is 0 Å². The number of piperidine rings is 1. The zero-order chi connectivity index (χ0) is 19.8. The third kappa shape index (κ3) is 7.14. The maximum atomic E-state index is 11.8. The van der Waals surface area contributed by atoms with Crippen LogP contribution in [0.25, 0.3) is 0 Å². The number of ether oxygens (including phenoxy) is 1. The van der Waals surface area contributed by atoms with Crippen molar-refractivity contribution in [3.8, 4) is 0 Å². The predicted octanol–water partition coefficient (Wildman–Crippen LogP) is 3.56. The van der Waals surface area contributed by atoms with E-state index in [2.05, 4.69) is 48.5 Å². The lowest BCUT2D eigenvalue weighted by Gasteiger charge is -2.32. The minimum absolute atomic E-state index is 0. The van der Waals surface area contributed by atoms with Gasteiger partial charge in [-0.1, -0.05) is 17.7 Å². The first-order chi connectivity index (χ1) is 12.9. The van der Waals surface area contributed by atoms with Gasteiger partial charge in [0.15, 0.2) is 5.96 Å². The second-order valence-corrected chi connectivity index (χ2v) is 7.23. The summed E-state index contributed by atoms with van der Waals surface area (Å²) in [4.78, 5) is 17.9. The molecule has 158 valence electrons. The van der Waals surface area contributed by atoms with Gasteiger partial charge in [-0.25, -0.2) is 4.79 Å². The first kappa shape index (κ1) is 24.5.